The fourth-order valence-electron chi connectivity index (χ4n) is 3.03. The highest BCUT2D eigenvalue weighted by molar-refractivity contribution is 5.58. The minimum atomic E-state index is 0.639. The number of aromatic nitrogens is 4. The van der Waals surface area contributed by atoms with E-state index in [-0.39, 0.29) is 0 Å². The molecule has 0 amide bonds. The maximum absolute atomic E-state index is 5.59. The third kappa shape index (κ3) is 3.72. The number of hydrogen-bond donors (Lipinski definition) is 0. The third-order valence-corrected chi connectivity index (χ3v) is 4.37. The first-order chi connectivity index (χ1) is 13.2. The molecule has 2 aromatic carbocycles. The Hall–Kier alpha value is -3.47. The zero-order valence-corrected chi connectivity index (χ0v) is 15.3. The highest BCUT2D eigenvalue weighted by Crippen LogP contribution is 2.25. The molecule has 0 N–H and O–H groups in total. The molecular formula is C22H20N4O. The van der Waals surface area contributed by atoms with Gasteiger partial charge in [0.05, 0.1) is 30.5 Å². The normalized spacial score (nSPS) is 10.7. The Morgan fingerprint density at radius 2 is 1.85 bits per heavy atom. The fraction of sp³-hybridized carbons (Fsp3) is 0.136. The van der Waals surface area contributed by atoms with Crippen LogP contribution in [0.15, 0.2) is 73.3 Å². The van der Waals surface area contributed by atoms with Crippen molar-refractivity contribution in [2.24, 2.45) is 0 Å². The number of ether oxygens (including phenoxy) is 1. The zero-order chi connectivity index (χ0) is 18.6. The maximum Gasteiger partial charge on any atom is 0.143 e. The van der Waals surface area contributed by atoms with Crippen LogP contribution >= 0.6 is 0 Å². The van der Waals surface area contributed by atoms with Crippen molar-refractivity contribution in [3.05, 3.63) is 90.4 Å². The van der Waals surface area contributed by atoms with Gasteiger partial charge in [0, 0.05) is 24.4 Å². The first-order valence-corrected chi connectivity index (χ1v) is 8.78. The monoisotopic (exact) mass is 356 g/mol. The second kappa shape index (κ2) is 7.41. The van der Waals surface area contributed by atoms with Crippen LogP contribution in [0.1, 0.15) is 17.1 Å². The smallest absolute Gasteiger partial charge is 0.143 e. The van der Waals surface area contributed by atoms with E-state index < -0.39 is 0 Å². The first kappa shape index (κ1) is 17.0. The van der Waals surface area contributed by atoms with Gasteiger partial charge in [-0.1, -0.05) is 36.4 Å². The lowest BCUT2D eigenvalue weighted by atomic mass is 10.1. The predicted molar refractivity (Wildman–Crippen MR) is 105 cm³/mol. The molecule has 0 aliphatic rings. The SMILES string of the molecule is COc1cc(Cc2nccc(-c3ccccc3)n2)ccc1-n1cnc(C)c1. The van der Waals surface area contributed by atoms with Gasteiger partial charge in [-0.15, -0.1) is 0 Å². The highest BCUT2D eigenvalue weighted by Gasteiger charge is 2.09. The Kier molecular flexibility index (Phi) is 4.66. The van der Waals surface area contributed by atoms with E-state index in [0.29, 0.717) is 6.42 Å². The summed E-state index contributed by atoms with van der Waals surface area (Å²) in [4.78, 5) is 13.4. The minimum absolute atomic E-state index is 0.639. The molecule has 0 atom stereocenters. The number of aryl methyl sites for hydroxylation is 1. The lowest BCUT2D eigenvalue weighted by Crippen LogP contribution is -2.00. The maximum atomic E-state index is 5.59. The van der Waals surface area contributed by atoms with Crippen LogP contribution in [0.4, 0.5) is 0 Å². The van der Waals surface area contributed by atoms with Crippen molar-refractivity contribution in [2.75, 3.05) is 7.11 Å². The van der Waals surface area contributed by atoms with Crippen LogP contribution in [0.3, 0.4) is 0 Å². The molecule has 134 valence electrons. The Balaban J connectivity index is 1.62. The summed E-state index contributed by atoms with van der Waals surface area (Å²) in [6, 6.07) is 18.2. The molecule has 0 saturated heterocycles. The van der Waals surface area contributed by atoms with Crippen molar-refractivity contribution in [3.63, 3.8) is 0 Å². The Bertz CT molecular complexity index is 1060. The van der Waals surface area contributed by atoms with E-state index in [4.69, 9.17) is 9.72 Å². The molecule has 5 nitrogen and oxygen atoms in total. The van der Waals surface area contributed by atoms with E-state index in [1.807, 2.05) is 60.3 Å². The number of imidazole rings is 1. The molecule has 0 unspecified atom stereocenters. The average molecular weight is 356 g/mol. The first-order valence-electron chi connectivity index (χ1n) is 8.78. The number of nitrogens with zero attached hydrogens (tertiary/aromatic N) is 4. The second-order valence-corrected chi connectivity index (χ2v) is 6.33. The molecule has 0 aliphatic carbocycles. The zero-order valence-electron chi connectivity index (χ0n) is 15.3. The number of benzene rings is 2. The molecule has 0 saturated carbocycles. The van der Waals surface area contributed by atoms with Crippen LogP contribution < -0.4 is 4.74 Å². The molecule has 5 heteroatoms. The molecule has 27 heavy (non-hydrogen) atoms. The molecule has 2 heterocycles. The second-order valence-electron chi connectivity index (χ2n) is 6.33. The summed E-state index contributed by atoms with van der Waals surface area (Å²) in [5, 5.41) is 0. The molecular weight excluding hydrogens is 336 g/mol. The fourth-order valence-corrected chi connectivity index (χ4v) is 3.03. The third-order valence-electron chi connectivity index (χ3n) is 4.37. The van der Waals surface area contributed by atoms with Crippen molar-refractivity contribution in [2.45, 2.75) is 13.3 Å². The van der Waals surface area contributed by atoms with Gasteiger partial charge in [-0.25, -0.2) is 15.0 Å². The molecule has 2 aromatic heterocycles. The van der Waals surface area contributed by atoms with Crippen LogP contribution in [0, 0.1) is 6.92 Å². The summed E-state index contributed by atoms with van der Waals surface area (Å²) in [6.45, 7) is 1.97. The standard InChI is InChI=1S/C22H20N4O/c1-16-14-26(15-24-16)20-9-8-17(12-21(20)27-2)13-22-23-11-10-19(25-22)18-6-4-3-5-7-18/h3-12,14-15H,13H2,1-2H3. The van der Waals surface area contributed by atoms with E-state index in [1.54, 1.807) is 13.4 Å². The molecule has 4 aromatic rings. The molecule has 0 bridgehead atoms. The molecule has 0 spiro atoms. The van der Waals surface area contributed by atoms with E-state index in [2.05, 4.69) is 28.2 Å². The Labute approximate surface area is 158 Å². The van der Waals surface area contributed by atoms with Crippen LogP contribution in [0.25, 0.3) is 16.9 Å². The van der Waals surface area contributed by atoms with E-state index in [9.17, 15) is 0 Å². The summed E-state index contributed by atoms with van der Waals surface area (Å²) < 4.78 is 7.55. The summed E-state index contributed by atoms with van der Waals surface area (Å²) in [5.41, 5.74) is 5.04. The van der Waals surface area contributed by atoms with Gasteiger partial charge in [-0.3, -0.25) is 0 Å². The average Bonchev–Trinajstić information content (AvgIpc) is 3.15. The lowest BCUT2D eigenvalue weighted by Gasteiger charge is -2.11. The highest BCUT2D eigenvalue weighted by atomic mass is 16.5. The Morgan fingerprint density at radius 3 is 2.59 bits per heavy atom. The largest absolute Gasteiger partial charge is 0.495 e. The predicted octanol–water partition coefficient (Wildman–Crippen LogP) is 4.24. The van der Waals surface area contributed by atoms with Gasteiger partial charge in [-0.2, -0.15) is 0 Å². The summed E-state index contributed by atoms with van der Waals surface area (Å²) >= 11 is 0. The van der Waals surface area contributed by atoms with E-state index in [1.165, 1.54) is 0 Å². The van der Waals surface area contributed by atoms with Crippen molar-refractivity contribution < 1.29 is 4.74 Å². The van der Waals surface area contributed by atoms with Crippen molar-refractivity contribution >= 4 is 0 Å². The van der Waals surface area contributed by atoms with Gasteiger partial charge in [0.2, 0.25) is 0 Å². The van der Waals surface area contributed by atoms with Crippen molar-refractivity contribution in [3.8, 4) is 22.7 Å². The molecule has 0 radical (unpaired) electrons. The van der Waals surface area contributed by atoms with Gasteiger partial charge in [0.25, 0.3) is 0 Å². The summed E-state index contributed by atoms with van der Waals surface area (Å²) in [6.07, 6.45) is 6.22. The number of rotatable bonds is 5. The van der Waals surface area contributed by atoms with Gasteiger partial charge >= 0.3 is 0 Å². The van der Waals surface area contributed by atoms with Crippen molar-refractivity contribution in [1.82, 2.24) is 19.5 Å². The molecule has 0 fully saturated rings. The molecule has 4 rings (SSSR count). The quantitative estimate of drug-likeness (QED) is 0.537. The van der Waals surface area contributed by atoms with Gasteiger partial charge in [-0.05, 0) is 30.7 Å². The Morgan fingerprint density at radius 1 is 1.00 bits per heavy atom. The topological polar surface area (TPSA) is 52.8 Å². The van der Waals surface area contributed by atoms with Gasteiger partial charge < -0.3 is 9.30 Å². The molecule has 0 aliphatic heterocycles. The van der Waals surface area contributed by atoms with Crippen LogP contribution in [0.5, 0.6) is 5.75 Å². The van der Waals surface area contributed by atoms with Crippen LogP contribution in [-0.4, -0.2) is 26.6 Å². The van der Waals surface area contributed by atoms with E-state index in [0.717, 1.165) is 39.8 Å². The summed E-state index contributed by atoms with van der Waals surface area (Å²) in [7, 11) is 1.68. The van der Waals surface area contributed by atoms with Gasteiger partial charge in [0.15, 0.2) is 0 Å². The number of hydrogen-bond acceptors (Lipinski definition) is 4. The summed E-state index contributed by atoms with van der Waals surface area (Å²) in [5.74, 6) is 1.58. The van der Waals surface area contributed by atoms with Crippen LogP contribution in [0.2, 0.25) is 0 Å². The minimum Gasteiger partial charge on any atom is -0.495 e. The van der Waals surface area contributed by atoms with Crippen LogP contribution in [-0.2, 0) is 6.42 Å². The van der Waals surface area contributed by atoms with E-state index >= 15 is 0 Å². The lowest BCUT2D eigenvalue weighted by molar-refractivity contribution is 0.412. The van der Waals surface area contributed by atoms with Crippen molar-refractivity contribution in [1.29, 1.82) is 0 Å². The number of methoxy groups -OCH3 is 1. The van der Waals surface area contributed by atoms with Gasteiger partial charge in [0.1, 0.15) is 11.6 Å².